The van der Waals surface area contributed by atoms with Crippen LogP contribution in [0.3, 0.4) is 0 Å². The molecule has 0 aliphatic heterocycles. The molecular formula is C19H19BrN2O4. The van der Waals surface area contributed by atoms with Crippen molar-refractivity contribution in [1.29, 1.82) is 0 Å². The summed E-state index contributed by atoms with van der Waals surface area (Å²) < 4.78 is 10.3. The van der Waals surface area contributed by atoms with Gasteiger partial charge in [-0.2, -0.15) is 0 Å². The fourth-order valence-electron chi connectivity index (χ4n) is 2.98. The van der Waals surface area contributed by atoms with Crippen LogP contribution in [0.25, 0.3) is 10.9 Å². The number of fused-ring (bicyclic) bond motifs is 1. The van der Waals surface area contributed by atoms with Gasteiger partial charge >= 0.3 is 5.97 Å². The number of carbonyl (C=O) groups is 2. The first-order valence-electron chi connectivity index (χ1n) is 8.14. The number of nitrogens with zero attached hydrogens (tertiary/aromatic N) is 1. The van der Waals surface area contributed by atoms with E-state index in [9.17, 15) is 9.59 Å². The van der Waals surface area contributed by atoms with Crippen LogP contribution in [0.15, 0.2) is 53.3 Å². The first-order chi connectivity index (χ1) is 12.6. The van der Waals surface area contributed by atoms with Crippen LogP contribution in [-0.2, 0) is 27.3 Å². The van der Waals surface area contributed by atoms with E-state index in [1.54, 1.807) is 18.4 Å². The topological polar surface area (TPSA) is 75.5 Å². The van der Waals surface area contributed by atoms with Crippen LogP contribution in [0.4, 0.5) is 0 Å². The quantitative estimate of drug-likeness (QED) is 0.471. The maximum Gasteiger partial charge on any atom is 0.328 e. The molecule has 0 aliphatic rings. The van der Waals surface area contributed by atoms with Crippen molar-refractivity contribution in [3.63, 3.8) is 0 Å². The van der Waals surface area contributed by atoms with E-state index < -0.39 is 12.0 Å². The number of benzene rings is 1. The van der Waals surface area contributed by atoms with E-state index in [4.69, 9.17) is 9.15 Å². The SMILES string of the molecule is COC(=O)[C@@H](Cc1c[nH]c2ccccc12)N(Cc1ccco1)C(=O)CBr. The summed E-state index contributed by atoms with van der Waals surface area (Å²) in [7, 11) is 1.33. The Bertz CT molecular complexity index is 888. The minimum absolute atomic E-state index is 0.106. The summed E-state index contributed by atoms with van der Waals surface area (Å²) in [4.78, 5) is 29.7. The molecule has 0 bridgehead atoms. The molecule has 3 rings (SSSR count). The number of para-hydroxylation sites is 1. The highest BCUT2D eigenvalue weighted by atomic mass is 79.9. The van der Waals surface area contributed by atoms with Crippen molar-refractivity contribution in [3.8, 4) is 0 Å². The number of amides is 1. The molecule has 2 heterocycles. The maximum atomic E-state index is 12.5. The maximum absolute atomic E-state index is 12.5. The Labute approximate surface area is 159 Å². The van der Waals surface area contributed by atoms with E-state index in [-0.39, 0.29) is 17.8 Å². The van der Waals surface area contributed by atoms with Gasteiger partial charge in [0.1, 0.15) is 11.8 Å². The number of methoxy groups -OCH3 is 1. The van der Waals surface area contributed by atoms with Gasteiger partial charge in [-0.1, -0.05) is 34.1 Å². The lowest BCUT2D eigenvalue weighted by Crippen LogP contribution is -2.47. The zero-order chi connectivity index (χ0) is 18.5. The number of hydrogen-bond acceptors (Lipinski definition) is 4. The number of H-pyrrole nitrogens is 1. The van der Waals surface area contributed by atoms with Crippen LogP contribution in [0.5, 0.6) is 0 Å². The highest BCUT2D eigenvalue weighted by Crippen LogP contribution is 2.22. The third-order valence-electron chi connectivity index (χ3n) is 4.28. The zero-order valence-corrected chi connectivity index (χ0v) is 15.9. The minimum Gasteiger partial charge on any atom is -0.467 e. The number of aromatic amines is 1. The van der Waals surface area contributed by atoms with E-state index in [0.717, 1.165) is 16.5 Å². The normalized spacial score (nSPS) is 12.1. The average Bonchev–Trinajstić information content (AvgIpc) is 3.33. The second-order valence-corrected chi connectivity index (χ2v) is 6.40. The Morgan fingerprint density at radius 2 is 2.08 bits per heavy atom. The van der Waals surface area contributed by atoms with E-state index in [2.05, 4.69) is 20.9 Å². The molecule has 7 heteroatoms. The fraction of sp³-hybridized carbons (Fsp3) is 0.263. The standard InChI is InChI=1S/C19H19BrN2O4/c1-25-19(24)17(9-13-11-21-16-7-3-2-6-15(13)16)22(18(23)10-20)12-14-5-4-8-26-14/h2-8,11,17,21H,9-10,12H2,1H3/t17-/m1/s1. The van der Waals surface area contributed by atoms with Gasteiger partial charge in [0.15, 0.2) is 0 Å². The second-order valence-electron chi connectivity index (χ2n) is 5.84. The van der Waals surface area contributed by atoms with Crippen LogP contribution < -0.4 is 0 Å². The Morgan fingerprint density at radius 3 is 2.77 bits per heavy atom. The Kier molecular flexibility index (Phi) is 5.78. The molecule has 0 aliphatic carbocycles. The fourth-order valence-corrected chi connectivity index (χ4v) is 3.31. The van der Waals surface area contributed by atoms with Gasteiger partial charge in [0.2, 0.25) is 5.91 Å². The van der Waals surface area contributed by atoms with Crippen LogP contribution in [0.2, 0.25) is 0 Å². The molecule has 0 spiro atoms. The van der Waals surface area contributed by atoms with Crippen molar-refractivity contribution < 1.29 is 18.7 Å². The van der Waals surface area contributed by atoms with Gasteiger partial charge in [0.05, 0.1) is 25.2 Å². The van der Waals surface area contributed by atoms with Gasteiger partial charge in [-0.15, -0.1) is 0 Å². The van der Waals surface area contributed by atoms with Crippen molar-refractivity contribution in [2.75, 3.05) is 12.4 Å². The van der Waals surface area contributed by atoms with E-state index in [0.29, 0.717) is 12.2 Å². The first-order valence-corrected chi connectivity index (χ1v) is 9.26. The summed E-state index contributed by atoms with van der Waals surface area (Å²) in [6.45, 7) is 0.194. The molecule has 3 aromatic rings. The van der Waals surface area contributed by atoms with Crippen molar-refractivity contribution >= 4 is 38.7 Å². The molecule has 6 nitrogen and oxygen atoms in total. The lowest BCUT2D eigenvalue weighted by atomic mass is 10.0. The van der Waals surface area contributed by atoms with Crippen molar-refractivity contribution in [2.45, 2.75) is 19.0 Å². The number of ether oxygens (including phenoxy) is 1. The molecule has 1 aromatic carbocycles. The van der Waals surface area contributed by atoms with Gasteiger partial charge in [0.25, 0.3) is 0 Å². The molecule has 136 valence electrons. The number of rotatable bonds is 7. The molecule has 26 heavy (non-hydrogen) atoms. The summed E-state index contributed by atoms with van der Waals surface area (Å²) in [6.07, 6.45) is 3.75. The van der Waals surface area contributed by atoms with Gasteiger partial charge in [0, 0.05) is 23.5 Å². The summed E-state index contributed by atoms with van der Waals surface area (Å²) >= 11 is 3.20. The Morgan fingerprint density at radius 1 is 1.27 bits per heavy atom. The highest BCUT2D eigenvalue weighted by Gasteiger charge is 2.31. The van der Waals surface area contributed by atoms with E-state index in [1.807, 2.05) is 30.5 Å². The van der Waals surface area contributed by atoms with E-state index in [1.165, 1.54) is 12.0 Å². The van der Waals surface area contributed by atoms with Crippen molar-refractivity contribution in [1.82, 2.24) is 9.88 Å². The molecular weight excluding hydrogens is 400 g/mol. The molecule has 0 unspecified atom stereocenters. The van der Waals surface area contributed by atoms with Crippen LogP contribution in [-0.4, -0.2) is 40.2 Å². The lowest BCUT2D eigenvalue weighted by molar-refractivity contribution is -0.152. The van der Waals surface area contributed by atoms with Crippen molar-refractivity contribution in [3.05, 3.63) is 60.2 Å². The average molecular weight is 419 g/mol. The van der Waals surface area contributed by atoms with Gasteiger partial charge in [-0.3, -0.25) is 4.79 Å². The van der Waals surface area contributed by atoms with Crippen molar-refractivity contribution in [2.24, 2.45) is 0 Å². The Hall–Kier alpha value is -2.54. The highest BCUT2D eigenvalue weighted by molar-refractivity contribution is 9.09. The molecule has 0 radical (unpaired) electrons. The van der Waals surface area contributed by atoms with Crippen LogP contribution >= 0.6 is 15.9 Å². The smallest absolute Gasteiger partial charge is 0.328 e. The van der Waals surface area contributed by atoms with Gasteiger partial charge in [-0.25, -0.2) is 4.79 Å². The first kappa shape index (κ1) is 18.3. The zero-order valence-electron chi connectivity index (χ0n) is 14.3. The largest absolute Gasteiger partial charge is 0.467 e. The summed E-state index contributed by atoms with van der Waals surface area (Å²) in [6, 6.07) is 10.6. The molecule has 1 atom stereocenters. The molecule has 0 fully saturated rings. The predicted octanol–water partition coefficient (Wildman–Crippen LogP) is 3.27. The minimum atomic E-state index is -0.755. The monoisotopic (exact) mass is 418 g/mol. The number of aromatic nitrogens is 1. The molecule has 1 amide bonds. The number of nitrogens with one attached hydrogen (secondary N) is 1. The molecule has 2 aromatic heterocycles. The number of halogens is 1. The lowest BCUT2D eigenvalue weighted by Gasteiger charge is -2.29. The van der Waals surface area contributed by atoms with E-state index >= 15 is 0 Å². The summed E-state index contributed by atoms with van der Waals surface area (Å²) in [5, 5.41) is 1.13. The predicted molar refractivity (Wildman–Crippen MR) is 101 cm³/mol. The number of carbonyl (C=O) groups excluding carboxylic acids is 2. The number of alkyl halides is 1. The van der Waals surface area contributed by atoms with Crippen LogP contribution in [0.1, 0.15) is 11.3 Å². The third kappa shape index (κ3) is 3.83. The number of furan rings is 1. The van der Waals surface area contributed by atoms with Crippen LogP contribution in [0, 0.1) is 0 Å². The number of esters is 1. The number of hydrogen-bond donors (Lipinski definition) is 1. The summed E-state index contributed by atoms with van der Waals surface area (Å²) in [5.41, 5.74) is 1.93. The van der Waals surface area contributed by atoms with Gasteiger partial charge in [-0.05, 0) is 23.8 Å². The van der Waals surface area contributed by atoms with Gasteiger partial charge < -0.3 is 19.0 Å². The third-order valence-corrected chi connectivity index (χ3v) is 4.76. The molecule has 0 saturated carbocycles. The Balaban J connectivity index is 1.94. The molecule has 1 N–H and O–H groups in total. The molecule has 0 saturated heterocycles. The second kappa shape index (κ2) is 8.23. The summed E-state index contributed by atoms with van der Waals surface area (Å²) in [5.74, 6) is -0.0695.